The normalized spacial score (nSPS) is 16.7. The fourth-order valence-corrected chi connectivity index (χ4v) is 5.35. The molecule has 0 spiro atoms. The van der Waals surface area contributed by atoms with E-state index in [4.69, 9.17) is 9.72 Å². The van der Waals surface area contributed by atoms with Gasteiger partial charge < -0.3 is 14.5 Å². The summed E-state index contributed by atoms with van der Waals surface area (Å²) < 4.78 is 6.45. The number of piperazine rings is 1. The minimum atomic E-state index is 0.159. The Hall–Kier alpha value is -2.60. The first-order valence-electron chi connectivity index (χ1n) is 10.3. The summed E-state index contributed by atoms with van der Waals surface area (Å²) in [5.41, 5.74) is 4.63. The maximum absolute atomic E-state index is 13.0. The second-order valence-electron chi connectivity index (χ2n) is 7.80. The van der Waals surface area contributed by atoms with E-state index in [1.165, 1.54) is 24.0 Å². The topological polar surface area (TPSA) is 45.7 Å². The molecular weight excluding hydrogens is 382 g/mol. The van der Waals surface area contributed by atoms with Crippen LogP contribution in [-0.4, -0.2) is 49.1 Å². The number of nitrogens with zero attached hydrogens (tertiary/aromatic N) is 3. The predicted molar refractivity (Wildman–Crippen MR) is 117 cm³/mol. The first kappa shape index (κ1) is 18.4. The molecule has 1 aromatic heterocycles. The molecule has 1 amide bonds. The lowest BCUT2D eigenvalue weighted by atomic mass is 9.90. The van der Waals surface area contributed by atoms with Gasteiger partial charge in [0.25, 0.3) is 5.91 Å². The molecule has 3 aromatic rings. The van der Waals surface area contributed by atoms with Gasteiger partial charge in [0.1, 0.15) is 5.75 Å². The van der Waals surface area contributed by atoms with Crippen molar-refractivity contribution in [2.75, 3.05) is 38.2 Å². The monoisotopic (exact) mass is 407 g/mol. The van der Waals surface area contributed by atoms with E-state index in [9.17, 15) is 4.79 Å². The van der Waals surface area contributed by atoms with Crippen molar-refractivity contribution >= 4 is 32.6 Å². The number of aromatic nitrogens is 1. The van der Waals surface area contributed by atoms with Crippen molar-refractivity contribution in [1.29, 1.82) is 0 Å². The molecule has 0 unspecified atom stereocenters. The Bertz CT molecular complexity index is 1050. The van der Waals surface area contributed by atoms with Crippen LogP contribution in [0.4, 0.5) is 5.13 Å². The van der Waals surface area contributed by atoms with Crippen molar-refractivity contribution in [3.63, 3.8) is 0 Å². The molecule has 2 aromatic carbocycles. The Morgan fingerprint density at radius 2 is 1.79 bits per heavy atom. The third-order valence-electron chi connectivity index (χ3n) is 6.02. The maximum Gasteiger partial charge on any atom is 0.253 e. The number of aryl methyl sites for hydroxylation is 2. The minimum absolute atomic E-state index is 0.159. The number of methoxy groups -OCH3 is 1. The smallest absolute Gasteiger partial charge is 0.253 e. The average Bonchev–Trinajstić information content (AvgIpc) is 3.21. The van der Waals surface area contributed by atoms with Crippen LogP contribution in [0, 0.1) is 0 Å². The molecule has 6 heteroatoms. The van der Waals surface area contributed by atoms with Gasteiger partial charge in [-0.05, 0) is 67.1 Å². The molecule has 1 aliphatic heterocycles. The highest BCUT2D eigenvalue weighted by molar-refractivity contribution is 7.22. The number of carbonyl (C=O) groups is 1. The SMILES string of the molecule is COc1ccc2nc(N3CCN(C(=O)c4ccc5c(c4)CCCC5)CC3)sc2c1. The molecule has 150 valence electrons. The number of anilines is 1. The number of thiazole rings is 1. The van der Waals surface area contributed by atoms with Gasteiger partial charge in [0.05, 0.1) is 17.3 Å². The Morgan fingerprint density at radius 1 is 1.00 bits per heavy atom. The van der Waals surface area contributed by atoms with Gasteiger partial charge in [-0.3, -0.25) is 4.79 Å². The molecule has 1 saturated heterocycles. The summed E-state index contributed by atoms with van der Waals surface area (Å²) in [5, 5.41) is 1.02. The quantitative estimate of drug-likeness (QED) is 0.654. The van der Waals surface area contributed by atoms with Gasteiger partial charge in [-0.2, -0.15) is 0 Å². The summed E-state index contributed by atoms with van der Waals surface area (Å²) in [6.45, 7) is 3.09. The first-order chi connectivity index (χ1) is 14.2. The third-order valence-corrected chi connectivity index (χ3v) is 7.10. The van der Waals surface area contributed by atoms with Gasteiger partial charge in [0.15, 0.2) is 5.13 Å². The fraction of sp³-hybridized carbons (Fsp3) is 0.391. The lowest BCUT2D eigenvalue weighted by Crippen LogP contribution is -2.48. The number of hydrogen-bond acceptors (Lipinski definition) is 5. The average molecular weight is 408 g/mol. The molecule has 0 N–H and O–H groups in total. The zero-order valence-electron chi connectivity index (χ0n) is 16.7. The van der Waals surface area contributed by atoms with Crippen LogP contribution in [0.3, 0.4) is 0 Å². The number of fused-ring (bicyclic) bond motifs is 2. The second kappa shape index (κ2) is 7.67. The van der Waals surface area contributed by atoms with Gasteiger partial charge in [-0.25, -0.2) is 4.98 Å². The molecule has 5 rings (SSSR count). The molecule has 2 aliphatic rings. The molecule has 0 saturated carbocycles. The Labute approximate surface area is 174 Å². The Balaban J connectivity index is 1.27. The second-order valence-corrected chi connectivity index (χ2v) is 8.81. The summed E-state index contributed by atoms with van der Waals surface area (Å²) in [4.78, 5) is 22.1. The summed E-state index contributed by atoms with van der Waals surface area (Å²) in [7, 11) is 1.68. The highest BCUT2D eigenvalue weighted by atomic mass is 32.1. The van der Waals surface area contributed by atoms with E-state index in [1.807, 2.05) is 29.2 Å². The van der Waals surface area contributed by atoms with Crippen LogP contribution < -0.4 is 9.64 Å². The highest BCUT2D eigenvalue weighted by Crippen LogP contribution is 2.32. The fourth-order valence-electron chi connectivity index (χ4n) is 4.30. The number of benzene rings is 2. The standard InChI is InChI=1S/C23H25N3O2S/c1-28-19-8-9-20-21(15-19)29-23(24-20)26-12-10-25(11-13-26)22(27)18-7-6-16-4-2-3-5-17(16)14-18/h6-9,14-15H,2-5,10-13H2,1H3. The van der Waals surface area contributed by atoms with E-state index < -0.39 is 0 Å². The lowest BCUT2D eigenvalue weighted by molar-refractivity contribution is 0.0746. The van der Waals surface area contributed by atoms with Crippen LogP contribution >= 0.6 is 11.3 Å². The highest BCUT2D eigenvalue weighted by Gasteiger charge is 2.24. The van der Waals surface area contributed by atoms with E-state index >= 15 is 0 Å². The molecule has 29 heavy (non-hydrogen) atoms. The van der Waals surface area contributed by atoms with Crippen LogP contribution in [0.15, 0.2) is 36.4 Å². The summed E-state index contributed by atoms with van der Waals surface area (Å²) >= 11 is 1.69. The van der Waals surface area contributed by atoms with Crippen molar-refractivity contribution in [1.82, 2.24) is 9.88 Å². The Morgan fingerprint density at radius 3 is 2.59 bits per heavy atom. The lowest BCUT2D eigenvalue weighted by Gasteiger charge is -2.34. The zero-order chi connectivity index (χ0) is 19.8. The van der Waals surface area contributed by atoms with Crippen LogP contribution in [0.25, 0.3) is 10.2 Å². The number of rotatable bonds is 3. The van der Waals surface area contributed by atoms with Crippen molar-refractivity contribution in [2.45, 2.75) is 25.7 Å². The molecule has 0 bridgehead atoms. The summed E-state index contributed by atoms with van der Waals surface area (Å²) in [6, 6.07) is 12.3. The van der Waals surface area contributed by atoms with E-state index in [2.05, 4.69) is 17.0 Å². The Kier molecular flexibility index (Phi) is 4.87. The molecule has 0 atom stereocenters. The predicted octanol–water partition coefficient (Wildman–Crippen LogP) is 4.15. The van der Waals surface area contributed by atoms with Crippen molar-refractivity contribution in [3.8, 4) is 5.75 Å². The van der Waals surface area contributed by atoms with Crippen molar-refractivity contribution in [3.05, 3.63) is 53.1 Å². The summed E-state index contributed by atoms with van der Waals surface area (Å²) in [6.07, 6.45) is 4.75. The number of hydrogen-bond donors (Lipinski definition) is 0. The molecule has 2 heterocycles. The van der Waals surface area contributed by atoms with Gasteiger partial charge in [0, 0.05) is 31.7 Å². The van der Waals surface area contributed by atoms with E-state index in [1.54, 1.807) is 18.4 Å². The van der Waals surface area contributed by atoms with Crippen LogP contribution in [-0.2, 0) is 12.8 Å². The van der Waals surface area contributed by atoms with Crippen LogP contribution in [0.2, 0.25) is 0 Å². The van der Waals surface area contributed by atoms with Gasteiger partial charge in [-0.15, -0.1) is 0 Å². The first-order valence-corrected chi connectivity index (χ1v) is 11.1. The third kappa shape index (κ3) is 3.57. The van der Waals surface area contributed by atoms with Crippen molar-refractivity contribution < 1.29 is 9.53 Å². The molecule has 5 nitrogen and oxygen atoms in total. The summed E-state index contributed by atoms with van der Waals surface area (Å²) in [5.74, 6) is 1.01. The van der Waals surface area contributed by atoms with Gasteiger partial charge in [-0.1, -0.05) is 17.4 Å². The van der Waals surface area contributed by atoms with Gasteiger partial charge >= 0.3 is 0 Å². The molecule has 0 radical (unpaired) electrons. The number of carbonyl (C=O) groups excluding carboxylic acids is 1. The van der Waals surface area contributed by atoms with E-state index in [-0.39, 0.29) is 5.91 Å². The largest absolute Gasteiger partial charge is 0.497 e. The maximum atomic E-state index is 13.0. The number of amides is 1. The molecule has 1 fully saturated rings. The zero-order valence-corrected chi connectivity index (χ0v) is 17.5. The minimum Gasteiger partial charge on any atom is -0.497 e. The van der Waals surface area contributed by atoms with Crippen LogP contribution in [0.5, 0.6) is 5.75 Å². The van der Waals surface area contributed by atoms with E-state index in [0.717, 1.165) is 65.7 Å². The van der Waals surface area contributed by atoms with Crippen molar-refractivity contribution in [2.24, 2.45) is 0 Å². The number of ether oxygens (including phenoxy) is 1. The van der Waals surface area contributed by atoms with Gasteiger partial charge in [0.2, 0.25) is 0 Å². The molecular formula is C23H25N3O2S. The van der Waals surface area contributed by atoms with E-state index in [0.29, 0.717) is 0 Å². The van der Waals surface area contributed by atoms with Crippen LogP contribution in [0.1, 0.15) is 34.3 Å². The molecule has 1 aliphatic carbocycles.